The molecule has 19 heavy (non-hydrogen) atoms. The molecule has 2 rings (SSSR count). The van der Waals surface area contributed by atoms with Gasteiger partial charge in [0.05, 0.1) is 0 Å². The lowest BCUT2D eigenvalue weighted by Crippen LogP contribution is -2.35. The largest absolute Gasteiger partial charge is 0.313 e. The molecule has 1 heteroatoms. The molecular weight excluding hydrogens is 230 g/mol. The Hall–Kier alpha value is -0.820. The van der Waals surface area contributed by atoms with E-state index in [1.165, 1.54) is 44.1 Å². The van der Waals surface area contributed by atoms with Gasteiger partial charge < -0.3 is 5.32 Å². The van der Waals surface area contributed by atoms with Gasteiger partial charge in [-0.2, -0.15) is 0 Å². The van der Waals surface area contributed by atoms with Crippen molar-refractivity contribution in [3.8, 4) is 0 Å². The van der Waals surface area contributed by atoms with Crippen LogP contribution in [0.25, 0.3) is 0 Å². The molecule has 2 atom stereocenters. The molecular formula is C18H29N. The van der Waals surface area contributed by atoms with E-state index in [4.69, 9.17) is 0 Å². The molecule has 2 unspecified atom stereocenters. The lowest BCUT2D eigenvalue weighted by molar-refractivity contribution is 0.338. The van der Waals surface area contributed by atoms with Gasteiger partial charge in [-0.15, -0.1) is 0 Å². The zero-order valence-electron chi connectivity index (χ0n) is 12.6. The van der Waals surface area contributed by atoms with Crippen LogP contribution in [0.3, 0.4) is 0 Å². The topological polar surface area (TPSA) is 12.0 Å². The van der Waals surface area contributed by atoms with E-state index < -0.39 is 0 Å². The average molecular weight is 259 g/mol. The summed E-state index contributed by atoms with van der Waals surface area (Å²) in [6.07, 6.45) is 8.27. The Balaban J connectivity index is 1.94. The molecule has 1 N–H and O–H groups in total. The molecule has 0 aliphatic heterocycles. The first-order valence-corrected chi connectivity index (χ1v) is 8.09. The number of hydrogen-bond donors (Lipinski definition) is 1. The highest BCUT2D eigenvalue weighted by Crippen LogP contribution is 2.27. The quantitative estimate of drug-likeness (QED) is 0.778. The van der Waals surface area contributed by atoms with Crippen molar-refractivity contribution < 1.29 is 0 Å². The van der Waals surface area contributed by atoms with Crippen LogP contribution < -0.4 is 5.32 Å². The van der Waals surface area contributed by atoms with Gasteiger partial charge in [-0.25, -0.2) is 0 Å². The van der Waals surface area contributed by atoms with Gasteiger partial charge in [-0.05, 0) is 30.2 Å². The lowest BCUT2D eigenvalue weighted by Gasteiger charge is -2.29. The number of benzene rings is 1. The van der Waals surface area contributed by atoms with E-state index in [9.17, 15) is 0 Å². The Kier molecular flexibility index (Phi) is 5.91. The Morgan fingerprint density at radius 3 is 2.42 bits per heavy atom. The third-order valence-corrected chi connectivity index (χ3v) is 4.79. The van der Waals surface area contributed by atoms with Gasteiger partial charge in [0, 0.05) is 12.6 Å². The summed E-state index contributed by atoms with van der Waals surface area (Å²) in [6, 6.07) is 11.8. The molecule has 106 valence electrons. The summed E-state index contributed by atoms with van der Waals surface area (Å²) in [5.41, 5.74) is 1.50. The first-order chi connectivity index (χ1) is 9.31. The van der Waals surface area contributed by atoms with Gasteiger partial charge in [0.15, 0.2) is 0 Å². The molecule has 0 heterocycles. The molecule has 1 aliphatic rings. The molecule has 0 radical (unpaired) electrons. The molecule has 0 aromatic heterocycles. The first kappa shape index (κ1) is 14.6. The van der Waals surface area contributed by atoms with Crippen LogP contribution in [0.15, 0.2) is 30.3 Å². The van der Waals surface area contributed by atoms with Crippen LogP contribution in [-0.4, -0.2) is 12.6 Å². The zero-order chi connectivity index (χ0) is 13.5. The molecule has 0 bridgehead atoms. The predicted molar refractivity (Wildman–Crippen MR) is 83.5 cm³/mol. The molecule has 1 nitrogen and oxygen atoms in total. The molecule has 1 aromatic rings. The Morgan fingerprint density at radius 2 is 1.79 bits per heavy atom. The average Bonchev–Trinajstić information content (AvgIpc) is 2.49. The Morgan fingerprint density at radius 1 is 1.11 bits per heavy atom. The third-order valence-electron chi connectivity index (χ3n) is 4.79. The normalized spacial score (nSPS) is 20.1. The fraction of sp³-hybridized carbons (Fsp3) is 0.667. The van der Waals surface area contributed by atoms with Gasteiger partial charge in [0.1, 0.15) is 0 Å². The standard InChI is InChI=1S/C18H29N/c1-3-15(2)18(16-10-6-4-7-11-16)14-19-17-12-8-5-9-13-17/h4,6-7,10-11,15,17-19H,3,5,8-9,12-14H2,1-2H3. The van der Waals surface area contributed by atoms with E-state index in [1.807, 2.05) is 0 Å². The second-order valence-electron chi connectivity index (χ2n) is 6.15. The number of rotatable bonds is 6. The van der Waals surface area contributed by atoms with Crippen molar-refractivity contribution in [3.05, 3.63) is 35.9 Å². The van der Waals surface area contributed by atoms with Gasteiger partial charge in [0.25, 0.3) is 0 Å². The summed E-state index contributed by atoms with van der Waals surface area (Å²) in [5, 5.41) is 3.84. The SMILES string of the molecule is CCC(C)C(CNC1CCCCC1)c1ccccc1. The van der Waals surface area contributed by atoms with Gasteiger partial charge in [-0.3, -0.25) is 0 Å². The summed E-state index contributed by atoms with van der Waals surface area (Å²) in [6.45, 7) is 5.84. The van der Waals surface area contributed by atoms with Gasteiger partial charge in [0.2, 0.25) is 0 Å². The van der Waals surface area contributed by atoms with Crippen LogP contribution in [-0.2, 0) is 0 Å². The van der Waals surface area contributed by atoms with Crippen molar-refractivity contribution in [2.75, 3.05) is 6.54 Å². The van der Waals surface area contributed by atoms with Crippen molar-refractivity contribution in [2.45, 2.75) is 64.3 Å². The smallest absolute Gasteiger partial charge is 0.00673 e. The maximum atomic E-state index is 3.84. The fourth-order valence-electron chi connectivity index (χ4n) is 3.23. The minimum absolute atomic E-state index is 0.660. The Bertz CT molecular complexity index is 340. The van der Waals surface area contributed by atoms with E-state index in [0.717, 1.165) is 18.5 Å². The molecule has 1 aliphatic carbocycles. The molecule has 0 saturated heterocycles. The van der Waals surface area contributed by atoms with Crippen molar-refractivity contribution in [1.29, 1.82) is 0 Å². The van der Waals surface area contributed by atoms with Crippen LogP contribution in [0.5, 0.6) is 0 Å². The predicted octanol–water partition coefficient (Wildman–Crippen LogP) is 4.74. The van der Waals surface area contributed by atoms with Crippen LogP contribution >= 0.6 is 0 Å². The van der Waals surface area contributed by atoms with E-state index in [0.29, 0.717) is 5.92 Å². The van der Waals surface area contributed by atoms with Crippen LogP contribution in [0.4, 0.5) is 0 Å². The minimum Gasteiger partial charge on any atom is -0.313 e. The van der Waals surface area contributed by atoms with Crippen molar-refractivity contribution in [3.63, 3.8) is 0 Å². The van der Waals surface area contributed by atoms with Crippen molar-refractivity contribution in [2.24, 2.45) is 5.92 Å². The maximum absolute atomic E-state index is 3.84. The summed E-state index contributed by atoms with van der Waals surface area (Å²) in [7, 11) is 0. The van der Waals surface area contributed by atoms with E-state index in [-0.39, 0.29) is 0 Å². The number of hydrogen-bond acceptors (Lipinski definition) is 1. The minimum atomic E-state index is 0.660. The van der Waals surface area contributed by atoms with Crippen LogP contribution in [0.2, 0.25) is 0 Å². The van der Waals surface area contributed by atoms with E-state index >= 15 is 0 Å². The van der Waals surface area contributed by atoms with Gasteiger partial charge >= 0.3 is 0 Å². The molecule has 1 fully saturated rings. The van der Waals surface area contributed by atoms with E-state index in [2.05, 4.69) is 49.5 Å². The van der Waals surface area contributed by atoms with Crippen molar-refractivity contribution in [1.82, 2.24) is 5.32 Å². The molecule has 0 spiro atoms. The summed E-state index contributed by atoms with van der Waals surface area (Å²) >= 11 is 0. The summed E-state index contributed by atoms with van der Waals surface area (Å²) in [5.74, 6) is 1.41. The van der Waals surface area contributed by atoms with Gasteiger partial charge in [-0.1, -0.05) is 69.9 Å². The number of nitrogens with one attached hydrogen (secondary N) is 1. The highest BCUT2D eigenvalue weighted by atomic mass is 14.9. The zero-order valence-corrected chi connectivity index (χ0v) is 12.6. The summed E-state index contributed by atoms with van der Waals surface area (Å²) in [4.78, 5) is 0. The van der Waals surface area contributed by atoms with Crippen LogP contribution in [0.1, 0.15) is 63.9 Å². The third kappa shape index (κ3) is 4.35. The highest BCUT2D eigenvalue weighted by Gasteiger charge is 2.20. The second kappa shape index (κ2) is 7.69. The lowest BCUT2D eigenvalue weighted by atomic mass is 9.85. The monoisotopic (exact) mass is 259 g/mol. The fourth-order valence-corrected chi connectivity index (χ4v) is 3.23. The molecule has 1 aromatic carbocycles. The Labute approximate surface area is 118 Å². The second-order valence-corrected chi connectivity index (χ2v) is 6.15. The van der Waals surface area contributed by atoms with Crippen LogP contribution in [0, 0.1) is 5.92 Å². The molecule has 0 amide bonds. The maximum Gasteiger partial charge on any atom is 0.00673 e. The summed E-state index contributed by atoms with van der Waals surface area (Å²) < 4.78 is 0. The van der Waals surface area contributed by atoms with E-state index in [1.54, 1.807) is 0 Å². The highest BCUT2D eigenvalue weighted by molar-refractivity contribution is 5.20. The first-order valence-electron chi connectivity index (χ1n) is 8.09. The van der Waals surface area contributed by atoms with Crippen molar-refractivity contribution >= 4 is 0 Å². The molecule has 1 saturated carbocycles.